The van der Waals surface area contributed by atoms with Gasteiger partial charge >= 0.3 is 0 Å². The standard InChI is InChI=1S/C28H35N3O/c1-20-9-11-21(12-10-20)24-18-23-14-13-22(24)19-28(23,32)15-17-31(2)16-5-8-27-29-25-6-3-4-7-26(25)30-27/h3-4,6-7,9-12,18,22-23,32H,5,8,13-17,19H2,1-2H3,(H,29,30). The van der Waals surface area contributed by atoms with Crippen molar-refractivity contribution in [3.63, 3.8) is 0 Å². The molecular formula is C28H35N3O. The van der Waals surface area contributed by atoms with Gasteiger partial charge in [-0.15, -0.1) is 0 Å². The van der Waals surface area contributed by atoms with E-state index < -0.39 is 5.60 Å². The Morgan fingerprint density at radius 1 is 1.09 bits per heavy atom. The van der Waals surface area contributed by atoms with Crippen LogP contribution in [0, 0.1) is 18.8 Å². The van der Waals surface area contributed by atoms with Crippen molar-refractivity contribution in [1.82, 2.24) is 14.9 Å². The van der Waals surface area contributed by atoms with Crippen LogP contribution >= 0.6 is 0 Å². The first-order valence-electron chi connectivity index (χ1n) is 12.1. The van der Waals surface area contributed by atoms with Crippen molar-refractivity contribution < 1.29 is 5.11 Å². The minimum Gasteiger partial charge on any atom is -0.389 e. The molecule has 4 nitrogen and oxygen atoms in total. The average Bonchev–Trinajstić information content (AvgIpc) is 3.21. The van der Waals surface area contributed by atoms with E-state index in [4.69, 9.17) is 0 Å². The van der Waals surface area contributed by atoms with Gasteiger partial charge in [0.1, 0.15) is 5.82 Å². The summed E-state index contributed by atoms with van der Waals surface area (Å²) in [6.07, 6.45) is 8.50. The number of allylic oxidation sites excluding steroid dienone is 1. The number of nitrogens with one attached hydrogen (secondary N) is 1. The van der Waals surface area contributed by atoms with Crippen molar-refractivity contribution in [2.75, 3.05) is 20.1 Å². The van der Waals surface area contributed by atoms with Crippen LogP contribution in [0.4, 0.5) is 0 Å². The molecule has 1 saturated carbocycles. The highest BCUT2D eigenvalue weighted by molar-refractivity contribution is 5.74. The van der Waals surface area contributed by atoms with Gasteiger partial charge in [0.2, 0.25) is 0 Å². The van der Waals surface area contributed by atoms with Crippen molar-refractivity contribution >= 4 is 16.6 Å². The Morgan fingerprint density at radius 2 is 1.91 bits per heavy atom. The first-order chi connectivity index (χ1) is 15.5. The highest BCUT2D eigenvalue weighted by Gasteiger charge is 2.46. The molecule has 2 aromatic carbocycles. The lowest BCUT2D eigenvalue weighted by atomic mass is 9.61. The van der Waals surface area contributed by atoms with E-state index in [0.717, 1.165) is 62.1 Å². The summed E-state index contributed by atoms with van der Waals surface area (Å²) in [4.78, 5) is 10.5. The van der Waals surface area contributed by atoms with Gasteiger partial charge in [-0.2, -0.15) is 0 Å². The second-order valence-corrected chi connectivity index (χ2v) is 10.0. The van der Waals surface area contributed by atoms with Gasteiger partial charge in [0.15, 0.2) is 0 Å². The van der Waals surface area contributed by atoms with Crippen LogP contribution in [-0.2, 0) is 6.42 Å². The first-order valence-corrected chi connectivity index (χ1v) is 12.1. The number of aliphatic hydroxyl groups is 1. The number of fused-ring (bicyclic) bond motifs is 3. The fraction of sp³-hybridized carbons (Fsp3) is 0.464. The molecule has 2 bridgehead atoms. The normalized spacial score (nSPS) is 24.9. The third kappa shape index (κ3) is 4.39. The van der Waals surface area contributed by atoms with Gasteiger partial charge in [0.05, 0.1) is 16.6 Å². The molecule has 0 spiro atoms. The quantitative estimate of drug-likeness (QED) is 0.506. The van der Waals surface area contributed by atoms with Crippen molar-refractivity contribution in [3.05, 3.63) is 71.6 Å². The molecule has 4 heteroatoms. The number of benzene rings is 2. The molecule has 6 rings (SSSR count). The number of aromatic amines is 1. The molecule has 3 atom stereocenters. The van der Waals surface area contributed by atoms with Gasteiger partial charge in [-0.25, -0.2) is 4.98 Å². The molecule has 1 heterocycles. The van der Waals surface area contributed by atoms with Crippen LogP contribution in [0.25, 0.3) is 16.6 Å². The van der Waals surface area contributed by atoms with Crippen LogP contribution in [0.1, 0.15) is 49.1 Å². The fourth-order valence-corrected chi connectivity index (χ4v) is 5.69. The molecule has 3 aromatic rings. The highest BCUT2D eigenvalue weighted by atomic mass is 16.3. The third-order valence-corrected chi connectivity index (χ3v) is 7.64. The zero-order valence-corrected chi connectivity index (χ0v) is 19.3. The molecule has 0 saturated heterocycles. The summed E-state index contributed by atoms with van der Waals surface area (Å²) in [5, 5.41) is 11.5. The lowest BCUT2D eigenvalue weighted by Crippen LogP contribution is -2.48. The van der Waals surface area contributed by atoms with Gasteiger partial charge in [-0.1, -0.05) is 48.0 Å². The lowest BCUT2D eigenvalue weighted by molar-refractivity contribution is -0.0574. The molecule has 1 fully saturated rings. The number of hydrogen-bond donors (Lipinski definition) is 2. The van der Waals surface area contributed by atoms with Crippen LogP contribution in [0.15, 0.2) is 54.6 Å². The minimum absolute atomic E-state index is 0.285. The number of rotatable bonds is 8. The van der Waals surface area contributed by atoms with Gasteiger partial charge in [0, 0.05) is 18.9 Å². The van der Waals surface area contributed by atoms with E-state index in [2.05, 4.69) is 71.3 Å². The van der Waals surface area contributed by atoms with E-state index in [1.54, 1.807) is 0 Å². The van der Waals surface area contributed by atoms with E-state index in [9.17, 15) is 5.11 Å². The Labute approximate surface area is 191 Å². The fourth-order valence-electron chi connectivity index (χ4n) is 5.69. The predicted octanol–water partition coefficient (Wildman–Crippen LogP) is 5.37. The minimum atomic E-state index is -0.551. The molecule has 3 unspecified atom stereocenters. The Morgan fingerprint density at radius 3 is 2.66 bits per heavy atom. The first kappa shape index (κ1) is 21.4. The van der Waals surface area contributed by atoms with Crippen LogP contribution in [-0.4, -0.2) is 45.7 Å². The van der Waals surface area contributed by atoms with E-state index in [-0.39, 0.29) is 5.92 Å². The molecule has 0 amide bonds. The zero-order chi connectivity index (χ0) is 22.1. The molecule has 1 aromatic heterocycles. The molecule has 2 N–H and O–H groups in total. The van der Waals surface area contributed by atoms with Crippen LogP contribution in [0.5, 0.6) is 0 Å². The molecule has 0 radical (unpaired) electrons. The van der Waals surface area contributed by atoms with Gasteiger partial charge in [-0.05, 0) is 81.8 Å². The van der Waals surface area contributed by atoms with Crippen LogP contribution in [0.2, 0.25) is 0 Å². The maximum absolute atomic E-state index is 11.5. The Balaban J connectivity index is 1.14. The topological polar surface area (TPSA) is 52.1 Å². The van der Waals surface area contributed by atoms with Gasteiger partial charge < -0.3 is 15.0 Å². The molecular weight excluding hydrogens is 394 g/mol. The summed E-state index contributed by atoms with van der Waals surface area (Å²) in [5.74, 6) is 1.84. The Hall–Kier alpha value is -2.43. The number of imidazole rings is 1. The summed E-state index contributed by atoms with van der Waals surface area (Å²) in [7, 11) is 2.18. The molecule has 3 aliphatic carbocycles. The largest absolute Gasteiger partial charge is 0.389 e. The second kappa shape index (κ2) is 8.84. The maximum Gasteiger partial charge on any atom is 0.107 e. The van der Waals surface area contributed by atoms with Crippen molar-refractivity contribution in [3.8, 4) is 0 Å². The van der Waals surface area contributed by atoms with Crippen molar-refractivity contribution in [2.24, 2.45) is 11.8 Å². The number of hydrogen-bond acceptors (Lipinski definition) is 3. The summed E-state index contributed by atoms with van der Waals surface area (Å²) in [6.45, 7) is 4.09. The van der Waals surface area contributed by atoms with Crippen molar-refractivity contribution in [1.29, 1.82) is 0 Å². The second-order valence-electron chi connectivity index (χ2n) is 10.0. The number of para-hydroxylation sites is 2. The Bertz CT molecular complexity index is 1070. The third-order valence-electron chi connectivity index (χ3n) is 7.64. The van der Waals surface area contributed by atoms with E-state index in [1.807, 2.05) is 12.1 Å². The zero-order valence-electron chi connectivity index (χ0n) is 19.3. The van der Waals surface area contributed by atoms with Gasteiger partial charge in [0.25, 0.3) is 0 Å². The van der Waals surface area contributed by atoms with Crippen molar-refractivity contribution in [2.45, 2.75) is 51.0 Å². The lowest BCUT2D eigenvalue weighted by Gasteiger charge is -2.48. The molecule has 32 heavy (non-hydrogen) atoms. The smallest absolute Gasteiger partial charge is 0.107 e. The summed E-state index contributed by atoms with van der Waals surface area (Å²) in [5.41, 5.74) is 5.71. The molecule has 3 aliphatic rings. The van der Waals surface area contributed by atoms with Gasteiger partial charge in [-0.3, -0.25) is 0 Å². The molecule has 0 aliphatic heterocycles. The predicted molar refractivity (Wildman–Crippen MR) is 131 cm³/mol. The van der Waals surface area contributed by atoms with Crippen LogP contribution < -0.4 is 0 Å². The monoisotopic (exact) mass is 429 g/mol. The van der Waals surface area contributed by atoms with E-state index in [0.29, 0.717) is 5.92 Å². The summed E-state index contributed by atoms with van der Waals surface area (Å²) >= 11 is 0. The number of aromatic nitrogens is 2. The summed E-state index contributed by atoms with van der Waals surface area (Å²) in [6, 6.07) is 17.1. The number of H-pyrrole nitrogens is 1. The summed E-state index contributed by atoms with van der Waals surface area (Å²) < 4.78 is 0. The highest BCUT2D eigenvalue weighted by Crippen LogP contribution is 2.51. The van der Waals surface area contributed by atoms with E-state index in [1.165, 1.54) is 23.1 Å². The SMILES string of the molecule is Cc1ccc(C2=CC3CCC2CC3(O)CCN(C)CCCc2nc3ccccc3[nH]2)cc1. The average molecular weight is 430 g/mol. The van der Waals surface area contributed by atoms with E-state index >= 15 is 0 Å². The molecule has 168 valence electrons. The number of aryl methyl sites for hydroxylation is 2. The van der Waals surface area contributed by atoms with Crippen LogP contribution in [0.3, 0.4) is 0 Å². The Kier molecular flexibility index (Phi) is 5.92. The maximum atomic E-state index is 11.5. The number of nitrogens with zero attached hydrogens (tertiary/aromatic N) is 2.